The van der Waals surface area contributed by atoms with Crippen LogP contribution in [0.15, 0.2) is 24.3 Å². The number of carbonyl (C=O) groups excluding carboxylic acids is 1. The van der Waals surface area contributed by atoms with Crippen molar-refractivity contribution in [2.24, 2.45) is 11.3 Å². The number of alkyl halides is 3. The van der Waals surface area contributed by atoms with E-state index in [0.717, 1.165) is 5.69 Å². The molecule has 1 aliphatic carbocycles. The molecule has 1 amide bonds. The Balaban J connectivity index is 1.98. The molecule has 0 bridgehead atoms. The van der Waals surface area contributed by atoms with E-state index in [1.54, 1.807) is 24.3 Å². The number of amides is 1. The van der Waals surface area contributed by atoms with E-state index in [4.69, 9.17) is 0 Å². The molecule has 0 aromatic heterocycles. The molecule has 21 heavy (non-hydrogen) atoms. The first-order valence-corrected chi connectivity index (χ1v) is 6.87. The molecule has 0 spiro atoms. The normalized spacial score (nSPS) is 24.8. The summed E-state index contributed by atoms with van der Waals surface area (Å²) in [5, 5.41) is 5.75. The van der Waals surface area contributed by atoms with Crippen molar-refractivity contribution in [1.29, 1.82) is 0 Å². The van der Waals surface area contributed by atoms with E-state index in [9.17, 15) is 18.0 Å². The van der Waals surface area contributed by atoms with E-state index in [1.807, 2.05) is 13.8 Å². The van der Waals surface area contributed by atoms with Crippen molar-refractivity contribution in [3.63, 3.8) is 0 Å². The highest BCUT2D eigenvalue weighted by Gasteiger charge is 2.67. The molecule has 1 saturated carbocycles. The fourth-order valence-electron chi connectivity index (χ4n) is 2.35. The molecular formula is C15H19F3N2O. The number of hydrogen-bond donors (Lipinski definition) is 2. The summed E-state index contributed by atoms with van der Waals surface area (Å²) in [5.41, 5.74) is 0.0600. The first-order chi connectivity index (χ1) is 9.63. The topological polar surface area (TPSA) is 41.1 Å². The predicted molar refractivity (Wildman–Crippen MR) is 76.1 cm³/mol. The van der Waals surface area contributed by atoms with Crippen LogP contribution in [0.1, 0.15) is 27.2 Å². The lowest BCUT2D eigenvalue weighted by atomic mass is 10.1. The van der Waals surface area contributed by atoms with Gasteiger partial charge in [-0.25, -0.2) is 0 Å². The first kappa shape index (κ1) is 15.7. The van der Waals surface area contributed by atoms with Crippen molar-refractivity contribution < 1.29 is 18.0 Å². The average molecular weight is 300 g/mol. The number of nitrogens with one attached hydrogen (secondary N) is 2. The van der Waals surface area contributed by atoms with Gasteiger partial charge in [0.1, 0.15) is 0 Å². The molecule has 1 aromatic carbocycles. The van der Waals surface area contributed by atoms with Crippen LogP contribution in [0.5, 0.6) is 0 Å². The van der Waals surface area contributed by atoms with Crippen LogP contribution in [0.25, 0.3) is 0 Å². The highest BCUT2D eigenvalue weighted by molar-refractivity contribution is 5.97. The lowest BCUT2D eigenvalue weighted by molar-refractivity contribution is -0.159. The summed E-state index contributed by atoms with van der Waals surface area (Å²) in [6, 6.07) is 7.20. The second-order valence-electron chi connectivity index (χ2n) is 6.05. The Morgan fingerprint density at radius 1 is 1.24 bits per heavy atom. The molecule has 0 aliphatic heterocycles. The molecule has 1 aliphatic rings. The van der Waals surface area contributed by atoms with Gasteiger partial charge >= 0.3 is 6.18 Å². The van der Waals surface area contributed by atoms with Crippen LogP contribution in [-0.2, 0) is 4.79 Å². The van der Waals surface area contributed by atoms with Gasteiger partial charge in [-0.05, 0) is 44.5 Å². The van der Waals surface area contributed by atoms with E-state index < -0.39 is 23.4 Å². The van der Waals surface area contributed by atoms with Crippen LogP contribution in [-0.4, -0.2) is 18.1 Å². The molecule has 2 unspecified atom stereocenters. The number of anilines is 2. The summed E-state index contributed by atoms with van der Waals surface area (Å²) in [4.78, 5) is 12.0. The van der Waals surface area contributed by atoms with Crippen molar-refractivity contribution in [3.05, 3.63) is 24.3 Å². The van der Waals surface area contributed by atoms with Gasteiger partial charge in [-0.3, -0.25) is 4.79 Å². The van der Waals surface area contributed by atoms with Crippen molar-refractivity contribution in [3.8, 4) is 0 Å². The standard InChI is InChI=1S/C15H19F3N2O/c1-9(2)19-10-4-6-11(7-5-10)20-13(21)14(3)8-12(14)15(16,17)18/h4-7,9,12,19H,8H2,1-3H3,(H,20,21). The Bertz CT molecular complexity index is 525. The zero-order chi connectivity index (χ0) is 15.8. The van der Waals surface area contributed by atoms with Gasteiger partial charge in [0.2, 0.25) is 5.91 Å². The summed E-state index contributed by atoms with van der Waals surface area (Å²) in [6.07, 6.45) is -4.45. The third kappa shape index (κ3) is 3.49. The Kier molecular flexibility index (Phi) is 3.91. The fraction of sp³-hybridized carbons (Fsp3) is 0.533. The molecule has 2 N–H and O–H groups in total. The highest BCUT2D eigenvalue weighted by atomic mass is 19.4. The largest absolute Gasteiger partial charge is 0.392 e. The Labute approximate surface area is 121 Å². The number of benzene rings is 1. The highest BCUT2D eigenvalue weighted by Crippen LogP contribution is 2.60. The van der Waals surface area contributed by atoms with Gasteiger partial charge in [0, 0.05) is 17.4 Å². The zero-order valence-electron chi connectivity index (χ0n) is 12.2. The van der Waals surface area contributed by atoms with Crippen molar-refractivity contribution in [2.45, 2.75) is 39.4 Å². The van der Waals surface area contributed by atoms with Gasteiger partial charge in [0.15, 0.2) is 0 Å². The summed E-state index contributed by atoms with van der Waals surface area (Å²) in [5.74, 6) is -2.11. The Morgan fingerprint density at radius 3 is 2.19 bits per heavy atom. The quantitative estimate of drug-likeness (QED) is 0.881. The molecule has 3 nitrogen and oxygen atoms in total. The lowest BCUT2D eigenvalue weighted by Crippen LogP contribution is -2.27. The van der Waals surface area contributed by atoms with Gasteiger partial charge in [-0.2, -0.15) is 13.2 Å². The van der Waals surface area contributed by atoms with Crippen LogP contribution < -0.4 is 10.6 Å². The third-order valence-electron chi connectivity index (χ3n) is 3.75. The van der Waals surface area contributed by atoms with Gasteiger partial charge in [-0.15, -0.1) is 0 Å². The number of carbonyl (C=O) groups is 1. The second-order valence-corrected chi connectivity index (χ2v) is 6.05. The maximum Gasteiger partial charge on any atom is 0.392 e. The summed E-state index contributed by atoms with van der Waals surface area (Å²) in [7, 11) is 0. The second kappa shape index (κ2) is 5.24. The summed E-state index contributed by atoms with van der Waals surface area (Å²) < 4.78 is 37.9. The van der Waals surface area contributed by atoms with Crippen LogP contribution in [0, 0.1) is 11.3 Å². The van der Waals surface area contributed by atoms with E-state index in [1.165, 1.54) is 6.92 Å². The monoisotopic (exact) mass is 300 g/mol. The minimum atomic E-state index is -4.31. The molecule has 2 atom stereocenters. The number of hydrogen-bond acceptors (Lipinski definition) is 2. The van der Waals surface area contributed by atoms with Crippen molar-refractivity contribution >= 4 is 17.3 Å². The Hall–Kier alpha value is -1.72. The minimum absolute atomic E-state index is 0.144. The lowest BCUT2D eigenvalue weighted by Gasteiger charge is -2.15. The molecule has 0 radical (unpaired) electrons. The molecule has 1 aromatic rings. The van der Waals surface area contributed by atoms with Gasteiger partial charge in [-0.1, -0.05) is 6.92 Å². The average Bonchev–Trinajstić information content (AvgIpc) is 3.05. The SMILES string of the molecule is CC(C)Nc1ccc(NC(=O)C2(C)CC2C(F)(F)F)cc1. The summed E-state index contributed by atoms with van der Waals surface area (Å²) >= 11 is 0. The van der Waals surface area contributed by atoms with Gasteiger partial charge in [0.25, 0.3) is 0 Å². The van der Waals surface area contributed by atoms with Crippen molar-refractivity contribution in [1.82, 2.24) is 0 Å². The minimum Gasteiger partial charge on any atom is -0.383 e. The molecule has 0 heterocycles. The van der Waals surface area contributed by atoms with E-state index in [-0.39, 0.29) is 12.5 Å². The van der Waals surface area contributed by atoms with Gasteiger partial charge < -0.3 is 10.6 Å². The van der Waals surface area contributed by atoms with Crippen LogP contribution in [0.3, 0.4) is 0 Å². The van der Waals surface area contributed by atoms with Crippen molar-refractivity contribution in [2.75, 3.05) is 10.6 Å². The maximum absolute atomic E-state index is 12.6. The summed E-state index contributed by atoms with van der Waals surface area (Å²) in [6.45, 7) is 5.36. The molecule has 116 valence electrons. The predicted octanol–water partition coefficient (Wildman–Crippen LogP) is 4.03. The molecular weight excluding hydrogens is 281 g/mol. The molecule has 6 heteroatoms. The van der Waals surface area contributed by atoms with Gasteiger partial charge in [0.05, 0.1) is 11.3 Å². The third-order valence-corrected chi connectivity index (χ3v) is 3.75. The van der Waals surface area contributed by atoms with E-state index >= 15 is 0 Å². The molecule has 0 saturated heterocycles. The number of rotatable bonds is 4. The Morgan fingerprint density at radius 2 is 1.76 bits per heavy atom. The maximum atomic E-state index is 12.6. The first-order valence-electron chi connectivity index (χ1n) is 6.87. The molecule has 1 fully saturated rings. The van der Waals surface area contributed by atoms with Crippen LogP contribution >= 0.6 is 0 Å². The van der Waals surface area contributed by atoms with E-state index in [2.05, 4.69) is 10.6 Å². The number of halogens is 3. The zero-order valence-corrected chi connectivity index (χ0v) is 12.2. The van der Waals surface area contributed by atoms with Crippen LogP contribution in [0.2, 0.25) is 0 Å². The molecule has 2 rings (SSSR count). The fourth-order valence-corrected chi connectivity index (χ4v) is 2.35. The van der Waals surface area contributed by atoms with E-state index in [0.29, 0.717) is 5.69 Å². The smallest absolute Gasteiger partial charge is 0.383 e. The van der Waals surface area contributed by atoms with Crippen LogP contribution in [0.4, 0.5) is 24.5 Å².